The number of benzene rings is 1. The minimum Gasteiger partial charge on any atom is -0.383 e. The second-order valence-corrected chi connectivity index (χ2v) is 6.49. The van der Waals surface area contributed by atoms with Crippen molar-refractivity contribution in [2.45, 2.75) is 45.8 Å². The van der Waals surface area contributed by atoms with Crippen molar-refractivity contribution in [2.24, 2.45) is 5.92 Å². The molecule has 118 valence electrons. The summed E-state index contributed by atoms with van der Waals surface area (Å²) in [7, 11) is 1.79. The van der Waals surface area contributed by atoms with E-state index in [4.69, 9.17) is 4.74 Å². The zero-order valence-electron chi connectivity index (χ0n) is 13.8. The smallest absolute Gasteiger partial charge is 0.0589 e. The highest BCUT2D eigenvalue weighted by Gasteiger charge is 2.28. The van der Waals surface area contributed by atoms with Gasteiger partial charge in [0.15, 0.2) is 0 Å². The van der Waals surface area contributed by atoms with Crippen molar-refractivity contribution < 1.29 is 4.74 Å². The molecular weight excluding hydrogens is 260 g/mol. The van der Waals surface area contributed by atoms with Gasteiger partial charge >= 0.3 is 0 Å². The molecule has 21 heavy (non-hydrogen) atoms. The molecule has 0 unspecified atom stereocenters. The standard InChI is InChI=1S/C18H30N2O/c1-15(2)12-19-13-16-6-4-5-7-17(16)14-20(10-11-21-3)18-8-9-18/h4-7,15,18-19H,8-14H2,1-3H3. The molecule has 1 aliphatic rings. The van der Waals surface area contributed by atoms with Crippen molar-refractivity contribution in [1.29, 1.82) is 0 Å². The summed E-state index contributed by atoms with van der Waals surface area (Å²) in [6.07, 6.45) is 2.69. The minimum atomic E-state index is 0.696. The zero-order valence-corrected chi connectivity index (χ0v) is 13.8. The Balaban J connectivity index is 1.94. The highest BCUT2D eigenvalue weighted by molar-refractivity contribution is 5.27. The maximum Gasteiger partial charge on any atom is 0.0589 e. The van der Waals surface area contributed by atoms with Crippen molar-refractivity contribution in [1.82, 2.24) is 10.2 Å². The molecule has 2 rings (SSSR count). The van der Waals surface area contributed by atoms with Gasteiger partial charge in [0, 0.05) is 32.8 Å². The van der Waals surface area contributed by atoms with Crippen LogP contribution in [0.2, 0.25) is 0 Å². The summed E-state index contributed by atoms with van der Waals surface area (Å²) >= 11 is 0. The Kier molecular flexibility index (Phi) is 6.68. The molecule has 0 spiro atoms. The molecule has 0 radical (unpaired) electrons. The second-order valence-electron chi connectivity index (χ2n) is 6.49. The molecule has 1 saturated carbocycles. The van der Waals surface area contributed by atoms with Crippen LogP contribution in [-0.2, 0) is 17.8 Å². The SMILES string of the molecule is COCCN(Cc1ccccc1CNCC(C)C)C1CC1. The Morgan fingerprint density at radius 1 is 1.24 bits per heavy atom. The van der Waals surface area contributed by atoms with Crippen LogP contribution < -0.4 is 5.32 Å². The van der Waals surface area contributed by atoms with Crippen LogP contribution in [-0.4, -0.2) is 37.7 Å². The monoisotopic (exact) mass is 290 g/mol. The number of hydrogen-bond donors (Lipinski definition) is 1. The quantitative estimate of drug-likeness (QED) is 0.717. The molecule has 1 N–H and O–H groups in total. The van der Waals surface area contributed by atoms with E-state index in [0.717, 1.165) is 38.8 Å². The first-order chi connectivity index (χ1) is 10.2. The zero-order chi connectivity index (χ0) is 15.1. The molecule has 0 aromatic heterocycles. The first-order valence-corrected chi connectivity index (χ1v) is 8.21. The van der Waals surface area contributed by atoms with Crippen LogP contribution in [0.4, 0.5) is 0 Å². The lowest BCUT2D eigenvalue weighted by atomic mass is 10.1. The van der Waals surface area contributed by atoms with E-state index in [1.807, 2.05) is 0 Å². The predicted molar refractivity (Wildman–Crippen MR) is 88.3 cm³/mol. The van der Waals surface area contributed by atoms with Gasteiger partial charge in [0.05, 0.1) is 6.61 Å². The summed E-state index contributed by atoms with van der Waals surface area (Å²) in [4.78, 5) is 2.57. The first kappa shape index (κ1) is 16.5. The molecule has 3 nitrogen and oxygen atoms in total. The van der Waals surface area contributed by atoms with Crippen LogP contribution in [0.15, 0.2) is 24.3 Å². The van der Waals surface area contributed by atoms with Crippen molar-refractivity contribution in [3.8, 4) is 0 Å². The molecule has 0 bridgehead atoms. The molecular formula is C18H30N2O. The van der Waals surface area contributed by atoms with Gasteiger partial charge in [-0.3, -0.25) is 4.90 Å². The average molecular weight is 290 g/mol. The Labute approximate surface area is 129 Å². The van der Waals surface area contributed by atoms with E-state index in [1.165, 1.54) is 24.0 Å². The van der Waals surface area contributed by atoms with Crippen molar-refractivity contribution in [3.05, 3.63) is 35.4 Å². The Morgan fingerprint density at radius 3 is 2.57 bits per heavy atom. The Bertz CT molecular complexity index is 415. The molecule has 1 aromatic rings. The number of nitrogens with one attached hydrogen (secondary N) is 1. The van der Waals surface area contributed by atoms with Crippen LogP contribution in [0.3, 0.4) is 0 Å². The molecule has 0 aliphatic heterocycles. The third-order valence-electron chi connectivity index (χ3n) is 4.01. The fourth-order valence-electron chi connectivity index (χ4n) is 2.64. The van der Waals surface area contributed by atoms with E-state index in [0.29, 0.717) is 5.92 Å². The molecule has 1 aromatic carbocycles. The van der Waals surface area contributed by atoms with Gasteiger partial charge in [0.1, 0.15) is 0 Å². The number of hydrogen-bond acceptors (Lipinski definition) is 3. The number of ether oxygens (including phenoxy) is 1. The van der Waals surface area contributed by atoms with Gasteiger partial charge in [0.25, 0.3) is 0 Å². The maximum absolute atomic E-state index is 5.26. The van der Waals surface area contributed by atoms with Crippen LogP contribution in [0.25, 0.3) is 0 Å². The lowest BCUT2D eigenvalue weighted by Crippen LogP contribution is -2.30. The van der Waals surface area contributed by atoms with E-state index in [-0.39, 0.29) is 0 Å². The maximum atomic E-state index is 5.26. The average Bonchev–Trinajstić information content (AvgIpc) is 3.29. The molecule has 3 heteroatoms. The number of rotatable bonds is 10. The van der Waals surface area contributed by atoms with E-state index in [1.54, 1.807) is 7.11 Å². The van der Waals surface area contributed by atoms with E-state index >= 15 is 0 Å². The Morgan fingerprint density at radius 2 is 1.95 bits per heavy atom. The summed E-state index contributed by atoms with van der Waals surface area (Å²) in [6.45, 7) is 9.45. The van der Waals surface area contributed by atoms with Gasteiger partial charge in [-0.15, -0.1) is 0 Å². The third-order valence-corrected chi connectivity index (χ3v) is 4.01. The molecule has 0 heterocycles. The molecule has 0 atom stereocenters. The fourth-order valence-corrected chi connectivity index (χ4v) is 2.64. The lowest BCUT2D eigenvalue weighted by Gasteiger charge is -2.23. The third kappa shape index (κ3) is 5.77. The van der Waals surface area contributed by atoms with E-state index < -0.39 is 0 Å². The molecule has 1 fully saturated rings. The van der Waals surface area contributed by atoms with Crippen LogP contribution in [0.5, 0.6) is 0 Å². The first-order valence-electron chi connectivity index (χ1n) is 8.21. The second kappa shape index (κ2) is 8.52. The van der Waals surface area contributed by atoms with Gasteiger partial charge in [-0.2, -0.15) is 0 Å². The van der Waals surface area contributed by atoms with Gasteiger partial charge in [-0.1, -0.05) is 38.1 Å². The summed E-state index contributed by atoms with van der Waals surface area (Å²) in [6, 6.07) is 9.60. The minimum absolute atomic E-state index is 0.696. The number of nitrogens with zero attached hydrogens (tertiary/aromatic N) is 1. The summed E-state index contributed by atoms with van der Waals surface area (Å²) in [5.41, 5.74) is 2.89. The Hall–Kier alpha value is -0.900. The largest absolute Gasteiger partial charge is 0.383 e. The highest BCUT2D eigenvalue weighted by atomic mass is 16.5. The normalized spacial score (nSPS) is 15.1. The highest BCUT2D eigenvalue weighted by Crippen LogP contribution is 2.28. The van der Waals surface area contributed by atoms with Crippen LogP contribution in [0.1, 0.15) is 37.8 Å². The van der Waals surface area contributed by atoms with E-state index in [2.05, 4.69) is 48.3 Å². The van der Waals surface area contributed by atoms with Crippen LogP contribution in [0, 0.1) is 5.92 Å². The summed E-state index contributed by atoms with van der Waals surface area (Å²) in [5, 5.41) is 3.56. The number of methoxy groups -OCH3 is 1. The van der Waals surface area contributed by atoms with Crippen molar-refractivity contribution >= 4 is 0 Å². The predicted octanol–water partition coefficient (Wildman–Crippen LogP) is 3.04. The van der Waals surface area contributed by atoms with Gasteiger partial charge in [-0.25, -0.2) is 0 Å². The topological polar surface area (TPSA) is 24.5 Å². The molecule has 0 saturated heterocycles. The summed E-state index contributed by atoms with van der Waals surface area (Å²) < 4.78 is 5.26. The molecule has 1 aliphatic carbocycles. The van der Waals surface area contributed by atoms with E-state index in [9.17, 15) is 0 Å². The molecule has 0 amide bonds. The van der Waals surface area contributed by atoms with Gasteiger partial charge in [0.2, 0.25) is 0 Å². The van der Waals surface area contributed by atoms with Gasteiger partial charge < -0.3 is 10.1 Å². The fraction of sp³-hybridized carbons (Fsp3) is 0.667. The van der Waals surface area contributed by atoms with Gasteiger partial charge in [-0.05, 0) is 36.4 Å². The summed E-state index contributed by atoms with van der Waals surface area (Å²) in [5.74, 6) is 0.696. The van der Waals surface area contributed by atoms with Crippen molar-refractivity contribution in [3.63, 3.8) is 0 Å². The van der Waals surface area contributed by atoms with Crippen molar-refractivity contribution in [2.75, 3.05) is 26.8 Å². The van der Waals surface area contributed by atoms with Crippen LogP contribution >= 0.6 is 0 Å². The lowest BCUT2D eigenvalue weighted by molar-refractivity contribution is 0.139.